The first-order chi connectivity index (χ1) is 12.6. The third-order valence-electron chi connectivity index (χ3n) is 3.86. The highest BCUT2D eigenvalue weighted by Gasteiger charge is 2.33. The summed E-state index contributed by atoms with van der Waals surface area (Å²) in [6.45, 7) is 6.69. The van der Waals surface area contributed by atoms with Crippen LogP contribution in [-0.2, 0) is 11.6 Å². The molecule has 0 aliphatic heterocycles. The lowest BCUT2D eigenvalue weighted by Crippen LogP contribution is -2.32. The molecule has 2 aromatic carbocycles. The number of hydrogen-bond donors (Lipinski definition) is 2. The molecule has 146 valence electrons. The number of anilines is 1. The fraction of sp³-hybridized carbons (Fsp3) is 0.350. The van der Waals surface area contributed by atoms with Gasteiger partial charge in [-0.15, -0.1) is 0 Å². The maximum atomic E-state index is 12.9. The number of carbonyl (C=O) groups is 1. The van der Waals surface area contributed by atoms with Gasteiger partial charge < -0.3 is 15.4 Å². The Bertz CT molecular complexity index is 766. The third-order valence-corrected chi connectivity index (χ3v) is 3.86. The molecule has 0 radical (unpaired) electrons. The smallest absolute Gasteiger partial charge is 0.418 e. The Morgan fingerprint density at radius 1 is 1.00 bits per heavy atom. The van der Waals surface area contributed by atoms with Crippen molar-refractivity contribution in [3.63, 3.8) is 0 Å². The Morgan fingerprint density at radius 2 is 1.63 bits per heavy atom. The largest absolute Gasteiger partial charge is 0.492 e. The van der Waals surface area contributed by atoms with Crippen molar-refractivity contribution in [2.75, 3.05) is 18.5 Å². The third kappa shape index (κ3) is 6.20. The molecule has 0 atom stereocenters. The first-order valence-corrected chi connectivity index (χ1v) is 8.52. The Balaban J connectivity index is 1.80. The summed E-state index contributed by atoms with van der Waals surface area (Å²) in [6, 6.07) is 11.7. The van der Waals surface area contributed by atoms with Crippen molar-refractivity contribution in [2.24, 2.45) is 0 Å². The summed E-state index contributed by atoms with van der Waals surface area (Å²) in [5.74, 6) is 0.660. The number of nitrogens with one attached hydrogen (secondary N) is 2. The van der Waals surface area contributed by atoms with Crippen molar-refractivity contribution >= 4 is 11.7 Å². The molecule has 0 heterocycles. The van der Waals surface area contributed by atoms with Gasteiger partial charge in [0, 0.05) is 0 Å². The summed E-state index contributed by atoms with van der Waals surface area (Å²) in [5, 5.41) is 4.69. The zero-order valence-corrected chi connectivity index (χ0v) is 15.5. The maximum absolute atomic E-state index is 12.9. The molecule has 0 aliphatic carbocycles. The van der Waals surface area contributed by atoms with Gasteiger partial charge in [0.05, 0.1) is 17.8 Å². The summed E-state index contributed by atoms with van der Waals surface area (Å²) in [5.41, 5.74) is 0.0393. The van der Waals surface area contributed by atoms with Gasteiger partial charge in [0.2, 0.25) is 0 Å². The molecule has 0 aromatic heterocycles. The molecule has 2 N–H and O–H groups in total. The second-order valence-corrected chi connectivity index (χ2v) is 7.05. The number of rotatable bonds is 5. The van der Waals surface area contributed by atoms with Crippen molar-refractivity contribution in [2.45, 2.75) is 32.4 Å². The van der Waals surface area contributed by atoms with E-state index in [4.69, 9.17) is 4.74 Å². The average molecular weight is 380 g/mol. The molecule has 0 aliphatic rings. The lowest BCUT2D eigenvalue weighted by molar-refractivity contribution is -0.136. The molecule has 4 nitrogen and oxygen atoms in total. The van der Waals surface area contributed by atoms with Crippen LogP contribution in [0.3, 0.4) is 0 Å². The number of ether oxygens (including phenoxy) is 1. The molecule has 0 saturated carbocycles. The zero-order chi connectivity index (χ0) is 20.1. The first-order valence-electron chi connectivity index (χ1n) is 8.52. The summed E-state index contributed by atoms with van der Waals surface area (Å²) >= 11 is 0. The molecule has 27 heavy (non-hydrogen) atoms. The highest BCUT2D eigenvalue weighted by molar-refractivity contribution is 5.90. The van der Waals surface area contributed by atoms with Crippen LogP contribution < -0.4 is 15.4 Å². The fourth-order valence-electron chi connectivity index (χ4n) is 2.39. The highest BCUT2D eigenvalue weighted by atomic mass is 19.4. The number of alkyl halides is 3. The lowest BCUT2D eigenvalue weighted by atomic mass is 9.87. The number of halogens is 3. The molecule has 0 unspecified atom stereocenters. The predicted molar refractivity (Wildman–Crippen MR) is 99.1 cm³/mol. The summed E-state index contributed by atoms with van der Waals surface area (Å²) < 4.78 is 44.2. The van der Waals surface area contributed by atoms with Crippen LogP contribution in [0.2, 0.25) is 0 Å². The van der Waals surface area contributed by atoms with Gasteiger partial charge in [-0.25, -0.2) is 4.79 Å². The van der Waals surface area contributed by atoms with Crippen LogP contribution in [0.4, 0.5) is 23.7 Å². The van der Waals surface area contributed by atoms with E-state index in [9.17, 15) is 18.0 Å². The molecule has 2 aromatic rings. The van der Waals surface area contributed by atoms with Crippen molar-refractivity contribution in [1.82, 2.24) is 5.32 Å². The monoisotopic (exact) mass is 380 g/mol. The first kappa shape index (κ1) is 20.6. The van der Waals surface area contributed by atoms with Gasteiger partial charge in [0.15, 0.2) is 0 Å². The molecule has 0 bridgehead atoms. The van der Waals surface area contributed by atoms with Crippen LogP contribution in [0, 0.1) is 0 Å². The quantitative estimate of drug-likeness (QED) is 0.700. The number of benzene rings is 2. The Hall–Kier alpha value is -2.70. The van der Waals surface area contributed by atoms with Crippen LogP contribution in [0.5, 0.6) is 5.75 Å². The molecule has 2 rings (SSSR count). The van der Waals surface area contributed by atoms with E-state index >= 15 is 0 Å². The van der Waals surface area contributed by atoms with Crippen LogP contribution >= 0.6 is 0 Å². The molecule has 7 heteroatoms. The molecular weight excluding hydrogens is 357 g/mol. The van der Waals surface area contributed by atoms with Crippen LogP contribution in [0.1, 0.15) is 31.9 Å². The average Bonchev–Trinajstić information content (AvgIpc) is 2.58. The summed E-state index contributed by atoms with van der Waals surface area (Å²) in [7, 11) is 0. The van der Waals surface area contributed by atoms with Crippen LogP contribution in [-0.4, -0.2) is 19.2 Å². The van der Waals surface area contributed by atoms with E-state index in [1.807, 2.05) is 24.3 Å². The summed E-state index contributed by atoms with van der Waals surface area (Å²) in [4.78, 5) is 11.8. The zero-order valence-electron chi connectivity index (χ0n) is 15.5. The fourth-order valence-corrected chi connectivity index (χ4v) is 2.39. The Morgan fingerprint density at radius 3 is 2.22 bits per heavy atom. The standard InChI is InChI=1S/C20H23F3N2O2/c1-19(2,3)14-8-10-15(11-9-14)27-13-12-24-18(26)25-17-7-5-4-6-16(17)20(21,22)23/h4-11H,12-13H2,1-3H3,(H2,24,25,26). The topological polar surface area (TPSA) is 50.4 Å². The van der Waals surface area contributed by atoms with Gasteiger partial charge in [-0.05, 0) is 35.2 Å². The number of hydrogen-bond acceptors (Lipinski definition) is 2. The minimum atomic E-state index is -4.54. The predicted octanol–water partition coefficient (Wildman–Crippen LogP) is 5.20. The van der Waals surface area contributed by atoms with Crippen molar-refractivity contribution in [3.05, 3.63) is 59.7 Å². The van der Waals surface area contributed by atoms with E-state index in [0.717, 1.165) is 6.07 Å². The summed E-state index contributed by atoms with van der Waals surface area (Å²) in [6.07, 6.45) is -4.54. The number of amides is 2. The maximum Gasteiger partial charge on any atom is 0.418 e. The highest BCUT2D eigenvalue weighted by Crippen LogP contribution is 2.34. The normalized spacial score (nSPS) is 11.8. The van der Waals surface area contributed by atoms with E-state index in [0.29, 0.717) is 5.75 Å². The van der Waals surface area contributed by atoms with E-state index in [-0.39, 0.29) is 24.3 Å². The Kier molecular flexibility index (Phi) is 6.36. The molecule has 0 spiro atoms. The lowest BCUT2D eigenvalue weighted by Gasteiger charge is -2.19. The van der Waals surface area contributed by atoms with E-state index in [2.05, 4.69) is 31.4 Å². The van der Waals surface area contributed by atoms with Crippen molar-refractivity contribution in [3.8, 4) is 5.75 Å². The van der Waals surface area contributed by atoms with Gasteiger partial charge in [0.1, 0.15) is 12.4 Å². The van der Waals surface area contributed by atoms with Gasteiger partial charge in [-0.3, -0.25) is 0 Å². The van der Waals surface area contributed by atoms with Crippen LogP contribution in [0.25, 0.3) is 0 Å². The molecular formula is C20H23F3N2O2. The van der Waals surface area contributed by atoms with Crippen molar-refractivity contribution < 1.29 is 22.7 Å². The molecule has 2 amide bonds. The van der Waals surface area contributed by atoms with Crippen LogP contribution in [0.15, 0.2) is 48.5 Å². The van der Waals surface area contributed by atoms with E-state index < -0.39 is 17.8 Å². The number of para-hydroxylation sites is 1. The second-order valence-electron chi connectivity index (χ2n) is 7.05. The Labute approximate surface area is 156 Å². The van der Waals surface area contributed by atoms with E-state index in [1.54, 1.807) is 0 Å². The van der Waals surface area contributed by atoms with Gasteiger partial charge in [0.25, 0.3) is 0 Å². The minimum absolute atomic E-state index is 0.0465. The molecule has 0 saturated heterocycles. The van der Waals surface area contributed by atoms with E-state index in [1.165, 1.54) is 23.8 Å². The van der Waals surface area contributed by atoms with Gasteiger partial charge in [-0.1, -0.05) is 45.0 Å². The number of carbonyl (C=O) groups excluding carboxylic acids is 1. The SMILES string of the molecule is CC(C)(C)c1ccc(OCCNC(=O)Nc2ccccc2C(F)(F)F)cc1. The van der Waals surface area contributed by atoms with Gasteiger partial charge in [-0.2, -0.15) is 13.2 Å². The second kappa shape index (κ2) is 8.33. The number of urea groups is 1. The van der Waals surface area contributed by atoms with Gasteiger partial charge >= 0.3 is 12.2 Å². The minimum Gasteiger partial charge on any atom is -0.492 e. The van der Waals surface area contributed by atoms with Crippen molar-refractivity contribution in [1.29, 1.82) is 0 Å². The molecule has 0 fully saturated rings.